The minimum Gasteiger partial charge on any atom is -0.296 e. The van der Waals surface area contributed by atoms with Crippen molar-refractivity contribution < 1.29 is 0 Å². The Kier molecular flexibility index (Phi) is 4.60. The van der Waals surface area contributed by atoms with Crippen LogP contribution in [0.2, 0.25) is 0 Å². The highest BCUT2D eigenvalue weighted by Crippen LogP contribution is 2.21. The molecule has 1 unspecified atom stereocenters. The Bertz CT molecular complexity index is 550. The lowest BCUT2D eigenvalue weighted by Crippen LogP contribution is -2.36. The molecule has 1 atom stereocenters. The zero-order valence-electron chi connectivity index (χ0n) is 12.6. The molecule has 1 aliphatic rings. The maximum Gasteiger partial charge on any atom is 0.145 e. The minimum absolute atomic E-state index is 0.413. The highest BCUT2D eigenvalue weighted by atomic mass is 32.1. The van der Waals surface area contributed by atoms with Crippen molar-refractivity contribution in [2.45, 2.75) is 45.7 Å². The number of piperidine rings is 1. The Morgan fingerprint density at radius 1 is 1.43 bits per heavy atom. The molecule has 0 amide bonds. The second-order valence-corrected chi connectivity index (χ2v) is 6.90. The van der Waals surface area contributed by atoms with E-state index in [9.17, 15) is 0 Å². The van der Waals surface area contributed by atoms with Crippen LogP contribution in [0, 0.1) is 5.92 Å². The molecule has 0 aliphatic carbocycles. The fourth-order valence-corrected chi connectivity index (χ4v) is 3.62. The van der Waals surface area contributed by atoms with Crippen LogP contribution in [0.25, 0.3) is 0 Å². The summed E-state index contributed by atoms with van der Waals surface area (Å²) >= 11 is 1.55. The van der Waals surface area contributed by atoms with E-state index < -0.39 is 0 Å². The van der Waals surface area contributed by atoms with Gasteiger partial charge in [-0.1, -0.05) is 13.8 Å². The van der Waals surface area contributed by atoms with E-state index >= 15 is 0 Å². The van der Waals surface area contributed by atoms with Gasteiger partial charge < -0.3 is 0 Å². The van der Waals surface area contributed by atoms with Crippen LogP contribution in [0.15, 0.2) is 12.7 Å². The summed E-state index contributed by atoms with van der Waals surface area (Å²) in [6, 6.07) is 0. The first-order chi connectivity index (χ1) is 10.2. The normalized spacial score (nSPS) is 20.2. The summed E-state index contributed by atoms with van der Waals surface area (Å²) in [6.45, 7) is 8.44. The monoisotopic (exact) mass is 306 g/mol. The van der Waals surface area contributed by atoms with Gasteiger partial charge in [0.2, 0.25) is 0 Å². The standard InChI is InChI=1S/C14H22N6S/c1-11(2)14-17-13(21-18-14)8-19-5-3-4-12(6-19)7-20-10-15-9-16-20/h9-12H,3-8H2,1-2H3. The summed E-state index contributed by atoms with van der Waals surface area (Å²) < 4.78 is 6.38. The molecule has 2 aromatic rings. The summed E-state index contributed by atoms with van der Waals surface area (Å²) in [5.74, 6) is 2.04. The summed E-state index contributed by atoms with van der Waals surface area (Å²) in [7, 11) is 0. The van der Waals surface area contributed by atoms with Gasteiger partial charge in [-0.2, -0.15) is 9.47 Å². The fourth-order valence-electron chi connectivity index (χ4n) is 2.79. The molecule has 0 N–H and O–H groups in total. The van der Waals surface area contributed by atoms with Gasteiger partial charge in [-0.05, 0) is 36.8 Å². The first kappa shape index (κ1) is 14.6. The molecule has 0 spiro atoms. The SMILES string of the molecule is CC(C)c1nsc(CN2CCCC(Cn3cncn3)C2)n1. The highest BCUT2D eigenvalue weighted by Gasteiger charge is 2.21. The molecule has 1 saturated heterocycles. The molecule has 3 heterocycles. The van der Waals surface area contributed by atoms with Crippen LogP contribution in [0.4, 0.5) is 0 Å². The number of rotatable bonds is 5. The smallest absolute Gasteiger partial charge is 0.145 e. The van der Waals surface area contributed by atoms with E-state index in [-0.39, 0.29) is 0 Å². The molecule has 1 aliphatic heterocycles. The zero-order chi connectivity index (χ0) is 14.7. The molecular weight excluding hydrogens is 284 g/mol. The largest absolute Gasteiger partial charge is 0.296 e. The Hall–Kier alpha value is -1.34. The number of hydrogen-bond donors (Lipinski definition) is 0. The molecular formula is C14H22N6S. The highest BCUT2D eigenvalue weighted by molar-refractivity contribution is 7.05. The molecule has 6 nitrogen and oxygen atoms in total. The third kappa shape index (κ3) is 3.85. The van der Waals surface area contributed by atoms with Crippen molar-refractivity contribution in [2.24, 2.45) is 5.92 Å². The number of likely N-dealkylation sites (tertiary alicyclic amines) is 1. The van der Waals surface area contributed by atoms with E-state index in [4.69, 9.17) is 0 Å². The summed E-state index contributed by atoms with van der Waals surface area (Å²) in [5, 5.41) is 5.35. The van der Waals surface area contributed by atoms with Crippen molar-refractivity contribution in [3.05, 3.63) is 23.5 Å². The average molecular weight is 306 g/mol. The third-order valence-electron chi connectivity index (χ3n) is 3.87. The minimum atomic E-state index is 0.413. The Balaban J connectivity index is 1.55. The molecule has 114 valence electrons. The van der Waals surface area contributed by atoms with E-state index in [1.54, 1.807) is 24.2 Å². The van der Waals surface area contributed by atoms with Gasteiger partial charge in [-0.15, -0.1) is 0 Å². The van der Waals surface area contributed by atoms with E-state index in [1.807, 2.05) is 4.68 Å². The van der Waals surface area contributed by atoms with Gasteiger partial charge in [0.15, 0.2) is 0 Å². The van der Waals surface area contributed by atoms with Crippen LogP contribution in [0.5, 0.6) is 0 Å². The van der Waals surface area contributed by atoms with Crippen molar-refractivity contribution in [3.8, 4) is 0 Å². The first-order valence-electron chi connectivity index (χ1n) is 7.58. The average Bonchev–Trinajstić information content (AvgIpc) is 3.11. The van der Waals surface area contributed by atoms with Crippen molar-refractivity contribution >= 4 is 11.5 Å². The zero-order valence-corrected chi connectivity index (χ0v) is 13.5. The summed E-state index contributed by atoms with van der Waals surface area (Å²) in [4.78, 5) is 11.2. The summed E-state index contributed by atoms with van der Waals surface area (Å²) in [6.07, 6.45) is 5.92. The van der Waals surface area contributed by atoms with Gasteiger partial charge in [0.05, 0.1) is 6.54 Å². The Labute approximate surface area is 129 Å². The van der Waals surface area contributed by atoms with E-state index in [2.05, 4.69) is 38.2 Å². The molecule has 21 heavy (non-hydrogen) atoms. The van der Waals surface area contributed by atoms with Gasteiger partial charge in [0, 0.05) is 19.0 Å². The lowest BCUT2D eigenvalue weighted by atomic mass is 9.98. The fraction of sp³-hybridized carbons (Fsp3) is 0.714. The molecule has 1 fully saturated rings. The second-order valence-electron chi connectivity index (χ2n) is 6.06. The molecule has 0 radical (unpaired) electrons. The summed E-state index contributed by atoms with van der Waals surface area (Å²) in [5.41, 5.74) is 0. The second kappa shape index (κ2) is 6.62. The molecule has 0 aromatic carbocycles. The lowest BCUT2D eigenvalue weighted by molar-refractivity contribution is 0.153. The molecule has 7 heteroatoms. The van der Waals surface area contributed by atoms with Crippen molar-refractivity contribution in [1.82, 2.24) is 29.0 Å². The van der Waals surface area contributed by atoms with Gasteiger partial charge in [-0.3, -0.25) is 9.58 Å². The predicted molar refractivity (Wildman–Crippen MR) is 82.0 cm³/mol. The van der Waals surface area contributed by atoms with Crippen molar-refractivity contribution in [3.63, 3.8) is 0 Å². The number of nitrogens with zero attached hydrogens (tertiary/aromatic N) is 6. The van der Waals surface area contributed by atoms with E-state index in [1.165, 1.54) is 12.8 Å². The van der Waals surface area contributed by atoms with Crippen LogP contribution in [-0.2, 0) is 13.1 Å². The lowest BCUT2D eigenvalue weighted by Gasteiger charge is -2.31. The number of aromatic nitrogens is 5. The Morgan fingerprint density at radius 2 is 2.33 bits per heavy atom. The topological polar surface area (TPSA) is 59.7 Å². The van der Waals surface area contributed by atoms with Crippen LogP contribution in [0.1, 0.15) is 43.4 Å². The molecule has 0 bridgehead atoms. The predicted octanol–water partition coefficient (Wildman–Crippen LogP) is 2.17. The van der Waals surface area contributed by atoms with Gasteiger partial charge in [0.1, 0.15) is 23.5 Å². The van der Waals surface area contributed by atoms with Crippen LogP contribution in [0.3, 0.4) is 0 Å². The van der Waals surface area contributed by atoms with Gasteiger partial charge in [0.25, 0.3) is 0 Å². The van der Waals surface area contributed by atoms with Gasteiger partial charge in [-0.25, -0.2) is 9.97 Å². The van der Waals surface area contributed by atoms with Crippen LogP contribution < -0.4 is 0 Å². The maximum absolute atomic E-state index is 4.64. The molecule has 2 aromatic heterocycles. The van der Waals surface area contributed by atoms with Crippen molar-refractivity contribution in [2.75, 3.05) is 13.1 Å². The van der Waals surface area contributed by atoms with Crippen LogP contribution in [-0.4, -0.2) is 42.1 Å². The van der Waals surface area contributed by atoms with Gasteiger partial charge >= 0.3 is 0 Å². The van der Waals surface area contributed by atoms with Crippen LogP contribution >= 0.6 is 11.5 Å². The first-order valence-corrected chi connectivity index (χ1v) is 8.35. The molecule has 0 saturated carbocycles. The molecule has 3 rings (SSSR count). The quantitative estimate of drug-likeness (QED) is 0.847. The number of hydrogen-bond acceptors (Lipinski definition) is 6. The Morgan fingerprint density at radius 3 is 3.05 bits per heavy atom. The maximum atomic E-state index is 4.64. The van der Waals surface area contributed by atoms with Crippen molar-refractivity contribution in [1.29, 1.82) is 0 Å². The third-order valence-corrected chi connectivity index (χ3v) is 4.58. The van der Waals surface area contributed by atoms with E-state index in [0.717, 1.165) is 37.0 Å². The van der Waals surface area contributed by atoms with E-state index in [0.29, 0.717) is 11.8 Å².